The van der Waals surface area contributed by atoms with Crippen molar-refractivity contribution in [3.63, 3.8) is 0 Å². The van der Waals surface area contributed by atoms with E-state index in [1.807, 2.05) is 0 Å². The van der Waals surface area contributed by atoms with Gasteiger partial charge in [-0.2, -0.15) is 0 Å². The number of benzene rings is 1. The predicted molar refractivity (Wildman–Crippen MR) is 53.4 cm³/mol. The lowest BCUT2D eigenvalue weighted by molar-refractivity contribution is -0.118. The largest absolute Gasteiger partial charge is 0.493 e. The molecular weight excluding hydrogens is 253 g/mol. The lowest BCUT2D eigenvalue weighted by Crippen LogP contribution is -2.14. The van der Waals surface area contributed by atoms with Crippen LogP contribution in [0.3, 0.4) is 0 Å². The van der Waals surface area contributed by atoms with E-state index in [0.717, 1.165) is 0 Å². The Balaban J connectivity index is 2.51. The average molecular weight is 262 g/mol. The van der Waals surface area contributed by atoms with Crippen molar-refractivity contribution in [2.24, 2.45) is 5.73 Å². The van der Waals surface area contributed by atoms with Gasteiger partial charge in [-0.05, 0) is 28.1 Å². The number of carbonyl (C=O) groups is 1. The van der Waals surface area contributed by atoms with E-state index in [-0.39, 0.29) is 13.0 Å². The molecule has 1 aromatic rings. The lowest BCUT2D eigenvalue weighted by atomic mass is 10.3. The summed E-state index contributed by atoms with van der Waals surface area (Å²) in [6, 6.07) is 4.38. The van der Waals surface area contributed by atoms with Crippen LogP contribution in [0, 0.1) is 5.82 Å². The van der Waals surface area contributed by atoms with E-state index in [4.69, 9.17) is 10.5 Å². The highest BCUT2D eigenvalue weighted by Crippen LogP contribution is 2.20. The fourth-order valence-corrected chi connectivity index (χ4v) is 1.08. The first kappa shape index (κ1) is 11.0. The van der Waals surface area contributed by atoms with Crippen molar-refractivity contribution in [2.75, 3.05) is 6.61 Å². The van der Waals surface area contributed by atoms with Gasteiger partial charge in [-0.3, -0.25) is 4.79 Å². The molecule has 2 N–H and O–H groups in total. The highest BCUT2D eigenvalue weighted by molar-refractivity contribution is 9.10. The van der Waals surface area contributed by atoms with Crippen LogP contribution in [0.4, 0.5) is 4.39 Å². The first-order valence-corrected chi connectivity index (χ1v) is 4.75. The highest BCUT2D eigenvalue weighted by atomic mass is 79.9. The number of hydrogen-bond donors (Lipinski definition) is 1. The van der Waals surface area contributed by atoms with E-state index < -0.39 is 11.7 Å². The van der Waals surface area contributed by atoms with E-state index in [0.29, 0.717) is 10.2 Å². The first-order valence-electron chi connectivity index (χ1n) is 3.96. The molecule has 0 saturated carbocycles. The molecule has 0 aromatic heterocycles. The molecule has 0 heterocycles. The maximum atomic E-state index is 12.9. The van der Waals surface area contributed by atoms with Crippen LogP contribution < -0.4 is 10.5 Å². The third-order valence-electron chi connectivity index (χ3n) is 1.51. The molecule has 76 valence electrons. The molecule has 0 radical (unpaired) electrons. The molecule has 0 bridgehead atoms. The van der Waals surface area contributed by atoms with Gasteiger partial charge in [0.1, 0.15) is 11.6 Å². The Kier molecular flexibility index (Phi) is 3.88. The molecule has 0 aliphatic carbocycles. The van der Waals surface area contributed by atoms with Crippen LogP contribution in [0.15, 0.2) is 22.7 Å². The number of carbonyl (C=O) groups excluding carboxylic acids is 1. The van der Waals surface area contributed by atoms with Gasteiger partial charge in [0, 0.05) is 6.07 Å². The van der Waals surface area contributed by atoms with Crippen LogP contribution in [-0.4, -0.2) is 12.5 Å². The molecule has 0 atom stereocenters. The van der Waals surface area contributed by atoms with E-state index >= 15 is 0 Å². The summed E-state index contributed by atoms with van der Waals surface area (Å²) in [7, 11) is 0. The third-order valence-corrected chi connectivity index (χ3v) is 2.15. The van der Waals surface area contributed by atoms with Crippen molar-refractivity contribution < 1.29 is 13.9 Å². The van der Waals surface area contributed by atoms with Gasteiger partial charge in [-0.15, -0.1) is 0 Å². The SMILES string of the molecule is NC(=O)CCOc1ccc(Br)c(F)c1. The van der Waals surface area contributed by atoms with Gasteiger partial charge < -0.3 is 10.5 Å². The summed E-state index contributed by atoms with van der Waals surface area (Å²) < 4.78 is 18.4. The van der Waals surface area contributed by atoms with Crippen LogP contribution in [0.5, 0.6) is 5.75 Å². The fourth-order valence-electron chi connectivity index (χ4n) is 0.836. The summed E-state index contributed by atoms with van der Waals surface area (Å²) in [5.74, 6) is -0.462. The molecule has 5 heteroatoms. The summed E-state index contributed by atoms with van der Waals surface area (Å²) in [6.07, 6.45) is 0.123. The van der Waals surface area contributed by atoms with E-state index in [9.17, 15) is 9.18 Å². The van der Waals surface area contributed by atoms with Crippen molar-refractivity contribution in [1.82, 2.24) is 0 Å². The van der Waals surface area contributed by atoms with Gasteiger partial charge in [0.2, 0.25) is 5.91 Å². The molecule has 0 aliphatic heterocycles. The molecular formula is C9H9BrFNO2. The molecule has 0 aliphatic rings. The lowest BCUT2D eigenvalue weighted by Gasteiger charge is -2.04. The Morgan fingerprint density at radius 3 is 2.86 bits per heavy atom. The Labute approximate surface area is 89.2 Å². The van der Waals surface area contributed by atoms with Crippen LogP contribution in [0.1, 0.15) is 6.42 Å². The monoisotopic (exact) mass is 261 g/mol. The van der Waals surface area contributed by atoms with Gasteiger partial charge in [0.05, 0.1) is 17.5 Å². The summed E-state index contributed by atoms with van der Waals surface area (Å²) in [6.45, 7) is 0.163. The maximum Gasteiger partial charge on any atom is 0.220 e. The third kappa shape index (κ3) is 3.33. The van der Waals surface area contributed by atoms with E-state index in [2.05, 4.69) is 15.9 Å². The zero-order valence-corrected chi connectivity index (χ0v) is 8.88. The Morgan fingerprint density at radius 1 is 1.57 bits per heavy atom. The predicted octanol–water partition coefficient (Wildman–Crippen LogP) is 1.84. The minimum atomic E-state index is -0.442. The molecule has 1 amide bonds. The number of amides is 1. The topological polar surface area (TPSA) is 52.3 Å². The number of halogens is 2. The molecule has 0 fully saturated rings. The van der Waals surface area contributed by atoms with Crippen molar-refractivity contribution >= 4 is 21.8 Å². The minimum Gasteiger partial charge on any atom is -0.493 e. The van der Waals surface area contributed by atoms with Crippen LogP contribution >= 0.6 is 15.9 Å². The van der Waals surface area contributed by atoms with Gasteiger partial charge in [-0.25, -0.2) is 4.39 Å². The molecule has 1 aromatic carbocycles. The fraction of sp³-hybridized carbons (Fsp3) is 0.222. The summed E-state index contributed by atoms with van der Waals surface area (Å²) in [4.78, 5) is 10.4. The second-order valence-corrected chi connectivity index (χ2v) is 3.50. The summed E-state index contributed by atoms with van der Waals surface area (Å²) in [5, 5.41) is 0. The molecule has 0 saturated heterocycles. The first-order chi connectivity index (χ1) is 6.59. The van der Waals surface area contributed by atoms with Crippen molar-refractivity contribution in [2.45, 2.75) is 6.42 Å². The van der Waals surface area contributed by atoms with Crippen LogP contribution in [0.2, 0.25) is 0 Å². The Bertz CT molecular complexity index is 344. The van der Waals surface area contributed by atoms with Crippen molar-refractivity contribution in [3.8, 4) is 5.75 Å². The molecule has 3 nitrogen and oxygen atoms in total. The average Bonchev–Trinajstić information content (AvgIpc) is 2.10. The van der Waals surface area contributed by atoms with Gasteiger partial charge in [-0.1, -0.05) is 0 Å². The zero-order chi connectivity index (χ0) is 10.6. The number of primary amides is 1. The maximum absolute atomic E-state index is 12.9. The van der Waals surface area contributed by atoms with Gasteiger partial charge in [0.25, 0.3) is 0 Å². The minimum absolute atomic E-state index is 0.123. The normalized spacial score (nSPS) is 9.86. The standard InChI is InChI=1S/C9H9BrFNO2/c10-7-2-1-6(5-8(7)11)14-4-3-9(12)13/h1-2,5H,3-4H2,(H2,12,13). The number of hydrogen-bond acceptors (Lipinski definition) is 2. The van der Waals surface area contributed by atoms with E-state index in [1.165, 1.54) is 12.1 Å². The molecule has 14 heavy (non-hydrogen) atoms. The van der Waals surface area contributed by atoms with E-state index in [1.54, 1.807) is 6.07 Å². The highest BCUT2D eigenvalue weighted by Gasteiger charge is 2.01. The molecule has 0 spiro atoms. The zero-order valence-electron chi connectivity index (χ0n) is 7.30. The summed E-state index contributed by atoms with van der Waals surface area (Å²) in [5.41, 5.74) is 4.91. The van der Waals surface area contributed by atoms with Gasteiger partial charge in [0.15, 0.2) is 0 Å². The number of ether oxygens (including phenoxy) is 1. The Hall–Kier alpha value is -1.10. The second kappa shape index (κ2) is 4.95. The smallest absolute Gasteiger partial charge is 0.220 e. The quantitative estimate of drug-likeness (QED) is 0.900. The van der Waals surface area contributed by atoms with Crippen molar-refractivity contribution in [3.05, 3.63) is 28.5 Å². The van der Waals surface area contributed by atoms with Crippen LogP contribution in [-0.2, 0) is 4.79 Å². The molecule has 1 rings (SSSR count). The number of rotatable bonds is 4. The molecule has 0 unspecified atom stereocenters. The Morgan fingerprint density at radius 2 is 2.29 bits per heavy atom. The van der Waals surface area contributed by atoms with Gasteiger partial charge >= 0.3 is 0 Å². The number of nitrogens with two attached hydrogens (primary N) is 1. The second-order valence-electron chi connectivity index (χ2n) is 2.64. The van der Waals surface area contributed by atoms with Crippen LogP contribution in [0.25, 0.3) is 0 Å². The van der Waals surface area contributed by atoms with Crippen molar-refractivity contribution in [1.29, 1.82) is 0 Å². The summed E-state index contributed by atoms with van der Waals surface area (Å²) >= 11 is 3.02.